The minimum Gasteiger partial charge on any atom is -0.497 e. The van der Waals surface area contributed by atoms with Crippen molar-refractivity contribution in [1.29, 1.82) is 0 Å². The number of methoxy groups -OCH3 is 1. The quantitative estimate of drug-likeness (QED) is 0.373. The Morgan fingerprint density at radius 1 is 1.00 bits per heavy atom. The summed E-state index contributed by atoms with van der Waals surface area (Å²) in [6.07, 6.45) is 0.694. The zero-order valence-electron chi connectivity index (χ0n) is 20.4. The predicted molar refractivity (Wildman–Crippen MR) is 140 cm³/mol. The molecule has 186 valence electrons. The summed E-state index contributed by atoms with van der Waals surface area (Å²) in [6, 6.07) is 20.3. The number of sulfonamides is 1. The predicted octanol–water partition coefficient (Wildman–Crippen LogP) is 5.76. The van der Waals surface area contributed by atoms with E-state index in [0.717, 1.165) is 15.6 Å². The van der Waals surface area contributed by atoms with Crippen LogP contribution < -0.4 is 14.4 Å². The van der Waals surface area contributed by atoms with Gasteiger partial charge in [-0.2, -0.15) is 0 Å². The molecule has 0 heterocycles. The van der Waals surface area contributed by atoms with Crippen LogP contribution in [-0.2, 0) is 14.8 Å². The van der Waals surface area contributed by atoms with Crippen LogP contribution in [0.3, 0.4) is 0 Å². The smallest absolute Gasteiger partial charge is 0.264 e. The summed E-state index contributed by atoms with van der Waals surface area (Å²) in [4.78, 5) is 13.4. The molecule has 0 radical (unpaired) electrons. The lowest BCUT2D eigenvalue weighted by atomic mass is 9.97. The highest BCUT2D eigenvalue weighted by Crippen LogP contribution is 2.31. The Morgan fingerprint density at radius 3 is 2.26 bits per heavy atom. The fourth-order valence-corrected chi connectivity index (χ4v) is 5.51. The van der Waals surface area contributed by atoms with Crippen molar-refractivity contribution in [2.75, 3.05) is 18.0 Å². The topological polar surface area (TPSA) is 75.7 Å². The summed E-state index contributed by atoms with van der Waals surface area (Å²) < 4.78 is 33.6. The summed E-state index contributed by atoms with van der Waals surface area (Å²) in [6.45, 7) is 5.50. The molecule has 0 aliphatic carbocycles. The van der Waals surface area contributed by atoms with E-state index >= 15 is 0 Å². The van der Waals surface area contributed by atoms with Crippen LogP contribution in [0.5, 0.6) is 5.75 Å². The lowest BCUT2D eigenvalue weighted by Gasteiger charge is -2.28. The average molecular weight is 515 g/mol. The monoisotopic (exact) mass is 514 g/mol. The number of nitrogens with zero attached hydrogens (tertiary/aromatic N) is 1. The van der Waals surface area contributed by atoms with Gasteiger partial charge in [0.25, 0.3) is 10.0 Å². The van der Waals surface area contributed by atoms with Crippen molar-refractivity contribution in [3.63, 3.8) is 0 Å². The van der Waals surface area contributed by atoms with E-state index in [-0.39, 0.29) is 17.5 Å². The molecule has 6 nitrogen and oxygen atoms in total. The third-order valence-corrected chi connectivity index (χ3v) is 7.87. The van der Waals surface area contributed by atoms with Crippen LogP contribution >= 0.6 is 11.6 Å². The minimum atomic E-state index is -4.02. The maximum atomic E-state index is 13.6. The van der Waals surface area contributed by atoms with Gasteiger partial charge in [0.05, 0.1) is 23.7 Å². The van der Waals surface area contributed by atoms with Gasteiger partial charge in [-0.1, -0.05) is 61.8 Å². The molecule has 35 heavy (non-hydrogen) atoms. The maximum Gasteiger partial charge on any atom is 0.264 e. The van der Waals surface area contributed by atoms with Crippen LogP contribution in [0.15, 0.2) is 77.7 Å². The number of ether oxygens (including phenoxy) is 1. The van der Waals surface area contributed by atoms with Gasteiger partial charge in [-0.25, -0.2) is 8.42 Å². The van der Waals surface area contributed by atoms with E-state index in [4.69, 9.17) is 16.3 Å². The van der Waals surface area contributed by atoms with E-state index in [9.17, 15) is 13.2 Å². The number of amides is 1. The third kappa shape index (κ3) is 6.55. The van der Waals surface area contributed by atoms with Crippen LogP contribution in [0, 0.1) is 12.8 Å². The largest absolute Gasteiger partial charge is 0.497 e. The Bertz CT molecular complexity index is 1250. The standard InChI is InChI=1S/C27H31ClN2O4S/c1-19(2)17-25(21-13-15-22(34-4)16-14-21)29-27(31)18-30(26-12-8-11-24(28)20(26)3)35(32,33)23-9-6-5-7-10-23/h5-16,19,25H,17-18H2,1-4H3,(H,29,31)/t25-/m0/s1. The first-order valence-electron chi connectivity index (χ1n) is 11.4. The first-order chi connectivity index (χ1) is 16.6. The van der Waals surface area contributed by atoms with E-state index in [2.05, 4.69) is 19.2 Å². The molecular formula is C27H31ClN2O4S. The van der Waals surface area contributed by atoms with Crippen LogP contribution in [0.1, 0.15) is 37.4 Å². The Kier molecular flexibility index (Phi) is 8.81. The molecule has 0 saturated carbocycles. The maximum absolute atomic E-state index is 13.6. The van der Waals surface area contributed by atoms with Gasteiger partial charge in [-0.3, -0.25) is 9.10 Å². The first-order valence-corrected chi connectivity index (χ1v) is 13.2. The molecule has 0 aliphatic heterocycles. The highest BCUT2D eigenvalue weighted by Gasteiger charge is 2.29. The van der Waals surface area contributed by atoms with Gasteiger partial charge in [-0.15, -0.1) is 0 Å². The molecular weight excluding hydrogens is 484 g/mol. The zero-order valence-corrected chi connectivity index (χ0v) is 21.9. The fourth-order valence-electron chi connectivity index (χ4n) is 3.84. The minimum absolute atomic E-state index is 0.0982. The number of carbonyl (C=O) groups excluding carboxylic acids is 1. The second kappa shape index (κ2) is 11.6. The van der Waals surface area contributed by atoms with Crippen molar-refractivity contribution >= 4 is 33.2 Å². The van der Waals surface area contributed by atoms with Crippen molar-refractivity contribution in [1.82, 2.24) is 5.32 Å². The van der Waals surface area contributed by atoms with Crippen molar-refractivity contribution in [3.8, 4) is 5.75 Å². The molecule has 0 aromatic heterocycles. The van der Waals surface area contributed by atoms with Gasteiger partial charge in [0.1, 0.15) is 12.3 Å². The van der Waals surface area contributed by atoms with Crippen molar-refractivity contribution in [3.05, 3.63) is 88.9 Å². The lowest BCUT2D eigenvalue weighted by Crippen LogP contribution is -2.42. The highest BCUT2D eigenvalue weighted by atomic mass is 35.5. The molecule has 0 bridgehead atoms. The Labute approximate surface area is 212 Å². The van der Waals surface area contributed by atoms with Gasteiger partial charge in [0.15, 0.2) is 0 Å². The van der Waals surface area contributed by atoms with Crippen molar-refractivity contribution < 1.29 is 17.9 Å². The molecule has 1 amide bonds. The molecule has 8 heteroatoms. The molecule has 1 atom stereocenters. The molecule has 0 fully saturated rings. The van der Waals surface area contributed by atoms with Gasteiger partial charge < -0.3 is 10.1 Å². The van der Waals surface area contributed by atoms with E-state index in [1.54, 1.807) is 50.4 Å². The normalized spacial score (nSPS) is 12.3. The number of hydrogen-bond donors (Lipinski definition) is 1. The van der Waals surface area contributed by atoms with E-state index in [0.29, 0.717) is 28.6 Å². The number of nitrogens with one attached hydrogen (secondary N) is 1. The molecule has 1 N–H and O–H groups in total. The number of halogens is 1. The van der Waals surface area contributed by atoms with Crippen LogP contribution in [0.4, 0.5) is 5.69 Å². The number of anilines is 1. The number of carbonyl (C=O) groups is 1. The van der Waals surface area contributed by atoms with Crippen LogP contribution in [0.2, 0.25) is 5.02 Å². The number of rotatable bonds is 10. The second-order valence-corrected chi connectivity index (χ2v) is 11.0. The summed E-state index contributed by atoms with van der Waals surface area (Å²) in [5.41, 5.74) is 1.86. The zero-order chi connectivity index (χ0) is 25.6. The fraction of sp³-hybridized carbons (Fsp3) is 0.296. The van der Waals surface area contributed by atoms with Gasteiger partial charge in [0, 0.05) is 5.02 Å². The molecule has 0 aliphatic rings. The Hall–Kier alpha value is -3.03. The van der Waals surface area contributed by atoms with Gasteiger partial charge in [-0.05, 0) is 66.8 Å². The highest BCUT2D eigenvalue weighted by molar-refractivity contribution is 7.92. The molecule has 0 saturated heterocycles. The molecule has 3 aromatic carbocycles. The second-order valence-electron chi connectivity index (χ2n) is 8.73. The Balaban J connectivity index is 1.95. The number of hydrogen-bond acceptors (Lipinski definition) is 4. The van der Waals surface area contributed by atoms with E-state index in [1.165, 1.54) is 12.1 Å². The Morgan fingerprint density at radius 2 is 1.66 bits per heavy atom. The van der Waals surface area contributed by atoms with E-state index < -0.39 is 15.9 Å². The summed E-state index contributed by atoms with van der Waals surface area (Å²) in [5.74, 6) is 0.618. The van der Waals surface area contributed by atoms with Crippen molar-refractivity contribution in [2.24, 2.45) is 5.92 Å². The van der Waals surface area contributed by atoms with Crippen LogP contribution in [0.25, 0.3) is 0 Å². The first kappa shape index (κ1) is 26.6. The van der Waals surface area contributed by atoms with Gasteiger partial charge >= 0.3 is 0 Å². The summed E-state index contributed by atoms with van der Waals surface area (Å²) >= 11 is 6.30. The SMILES string of the molecule is COc1ccc([C@H](CC(C)C)NC(=O)CN(c2cccc(Cl)c2C)S(=O)(=O)c2ccccc2)cc1. The molecule has 3 aromatic rings. The molecule has 0 unspecified atom stereocenters. The number of benzene rings is 3. The average Bonchev–Trinajstić information content (AvgIpc) is 2.84. The molecule has 3 rings (SSSR count). The third-order valence-electron chi connectivity index (χ3n) is 5.69. The molecule has 0 spiro atoms. The summed E-state index contributed by atoms with van der Waals surface area (Å²) in [5, 5.41) is 3.46. The summed E-state index contributed by atoms with van der Waals surface area (Å²) in [7, 11) is -2.42. The van der Waals surface area contributed by atoms with Crippen molar-refractivity contribution in [2.45, 2.75) is 38.1 Å². The van der Waals surface area contributed by atoms with E-state index in [1.807, 2.05) is 24.3 Å². The van der Waals surface area contributed by atoms with Crippen LogP contribution in [-0.4, -0.2) is 28.0 Å². The van der Waals surface area contributed by atoms with Gasteiger partial charge in [0.2, 0.25) is 5.91 Å². The lowest BCUT2D eigenvalue weighted by molar-refractivity contribution is -0.120.